The Bertz CT molecular complexity index is 1060. The lowest BCUT2D eigenvalue weighted by molar-refractivity contribution is -0.0956. The highest BCUT2D eigenvalue weighted by Crippen LogP contribution is 2.27. The number of nitrogens with zero attached hydrogens (tertiary/aromatic N) is 1. The summed E-state index contributed by atoms with van der Waals surface area (Å²) in [4.78, 5) is 15.0. The third-order valence-electron chi connectivity index (χ3n) is 5.85. The summed E-state index contributed by atoms with van der Waals surface area (Å²) < 4.78 is 39.6. The molecule has 0 atom stereocenters. The number of aryl methyl sites for hydroxylation is 2. The van der Waals surface area contributed by atoms with Crippen LogP contribution in [-0.2, 0) is 19.5 Å². The molecular weight excluding hydrogens is 416 g/mol. The van der Waals surface area contributed by atoms with E-state index in [0.29, 0.717) is 49.0 Å². The molecule has 2 aliphatic rings. The Balaban J connectivity index is 1.44. The number of hydrogen-bond acceptors (Lipinski definition) is 5. The van der Waals surface area contributed by atoms with Gasteiger partial charge in [-0.05, 0) is 62.1 Å². The van der Waals surface area contributed by atoms with Gasteiger partial charge >= 0.3 is 0 Å². The van der Waals surface area contributed by atoms with Crippen LogP contribution in [-0.4, -0.2) is 51.8 Å². The summed E-state index contributed by atoms with van der Waals surface area (Å²) in [7, 11) is -3.75. The van der Waals surface area contributed by atoms with Gasteiger partial charge in [-0.3, -0.25) is 9.52 Å². The van der Waals surface area contributed by atoms with Crippen LogP contribution in [0.25, 0.3) is 0 Å². The maximum Gasteiger partial charge on any atom is 0.262 e. The molecule has 0 radical (unpaired) electrons. The van der Waals surface area contributed by atoms with Crippen molar-refractivity contribution in [2.75, 3.05) is 31.0 Å². The van der Waals surface area contributed by atoms with Crippen LogP contribution in [0.1, 0.15) is 34.3 Å². The standard InChI is InChI=1S/C23H28N2O5S/c1-16-6-7-17(2)21(14-16)31(27,28)24-20-5-3-4-19(15-20)22(26)25-10-8-18(9-11-25)23-29-12-13-30-23/h3-7,14-15,18,23-24H,8-13H2,1-2H3. The van der Waals surface area contributed by atoms with Crippen LogP contribution in [0.2, 0.25) is 0 Å². The minimum Gasteiger partial charge on any atom is -0.350 e. The predicted molar refractivity (Wildman–Crippen MR) is 117 cm³/mol. The SMILES string of the molecule is Cc1ccc(C)c(S(=O)(=O)Nc2cccc(C(=O)N3CCC(C4OCCO4)CC3)c2)c1. The number of piperidine rings is 1. The zero-order valence-electron chi connectivity index (χ0n) is 17.8. The van der Waals surface area contributed by atoms with E-state index in [1.807, 2.05) is 17.9 Å². The number of rotatable bonds is 5. The van der Waals surface area contributed by atoms with Crippen LogP contribution in [0.5, 0.6) is 0 Å². The number of hydrogen-bond donors (Lipinski definition) is 1. The molecule has 166 valence electrons. The van der Waals surface area contributed by atoms with E-state index < -0.39 is 10.0 Å². The second kappa shape index (κ2) is 8.98. The molecule has 2 aliphatic heterocycles. The number of nitrogens with one attached hydrogen (secondary N) is 1. The fraction of sp³-hybridized carbons (Fsp3) is 0.435. The molecule has 2 heterocycles. The number of likely N-dealkylation sites (tertiary alicyclic amines) is 1. The van der Waals surface area contributed by atoms with Crippen molar-refractivity contribution in [3.05, 3.63) is 59.2 Å². The Labute approximate surface area is 183 Å². The van der Waals surface area contributed by atoms with E-state index in [9.17, 15) is 13.2 Å². The lowest BCUT2D eigenvalue weighted by Gasteiger charge is -2.34. The quantitative estimate of drug-likeness (QED) is 0.765. The summed E-state index contributed by atoms with van der Waals surface area (Å²) in [5.74, 6) is 0.210. The van der Waals surface area contributed by atoms with Crippen molar-refractivity contribution >= 4 is 21.6 Å². The molecule has 8 heteroatoms. The van der Waals surface area contributed by atoms with Gasteiger partial charge in [0.25, 0.3) is 15.9 Å². The molecule has 31 heavy (non-hydrogen) atoms. The average Bonchev–Trinajstić information content (AvgIpc) is 3.30. The fourth-order valence-electron chi connectivity index (χ4n) is 4.13. The van der Waals surface area contributed by atoms with E-state index >= 15 is 0 Å². The van der Waals surface area contributed by atoms with E-state index in [-0.39, 0.29) is 17.1 Å². The molecular formula is C23H28N2O5S. The van der Waals surface area contributed by atoms with Gasteiger partial charge in [-0.2, -0.15) is 0 Å². The fourth-order valence-corrected chi connectivity index (χ4v) is 5.51. The van der Waals surface area contributed by atoms with Gasteiger partial charge in [-0.1, -0.05) is 18.2 Å². The molecule has 4 rings (SSSR count). The van der Waals surface area contributed by atoms with Crippen molar-refractivity contribution in [1.29, 1.82) is 0 Å². The summed E-state index contributed by atoms with van der Waals surface area (Å²) in [5.41, 5.74) is 2.37. The van der Waals surface area contributed by atoms with E-state index in [2.05, 4.69) is 4.72 Å². The number of amides is 1. The van der Waals surface area contributed by atoms with Crippen molar-refractivity contribution in [2.24, 2.45) is 5.92 Å². The number of carbonyl (C=O) groups is 1. The number of ether oxygens (including phenoxy) is 2. The van der Waals surface area contributed by atoms with Crippen LogP contribution in [0, 0.1) is 19.8 Å². The molecule has 2 aromatic rings. The summed E-state index contributed by atoms with van der Waals surface area (Å²) in [6, 6.07) is 12.0. The molecule has 0 saturated carbocycles. The first-order chi connectivity index (χ1) is 14.8. The molecule has 1 N–H and O–H groups in total. The Morgan fingerprint density at radius 2 is 1.74 bits per heavy atom. The summed E-state index contributed by atoms with van der Waals surface area (Å²) in [5, 5.41) is 0. The topological polar surface area (TPSA) is 84.9 Å². The van der Waals surface area contributed by atoms with Crippen LogP contribution in [0.3, 0.4) is 0 Å². The lowest BCUT2D eigenvalue weighted by Crippen LogP contribution is -2.41. The molecule has 0 unspecified atom stereocenters. The van der Waals surface area contributed by atoms with Gasteiger partial charge < -0.3 is 14.4 Å². The highest BCUT2D eigenvalue weighted by atomic mass is 32.2. The summed E-state index contributed by atoms with van der Waals surface area (Å²) in [6.07, 6.45) is 1.50. The maximum absolute atomic E-state index is 13.0. The van der Waals surface area contributed by atoms with Crippen molar-refractivity contribution < 1.29 is 22.7 Å². The molecule has 2 aromatic carbocycles. The number of carbonyl (C=O) groups excluding carboxylic acids is 1. The molecule has 0 bridgehead atoms. The van der Waals surface area contributed by atoms with Gasteiger partial charge in [0.2, 0.25) is 0 Å². The molecule has 1 amide bonds. The molecule has 7 nitrogen and oxygen atoms in total. The van der Waals surface area contributed by atoms with Crippen molar-refractivity contribution in [1.82, 2.24) is 4.90 Å². The summed E-state index contributed by atoms with van der Waals surface area (Å²) >= 11 is 0. The predicted octanol–water partition coefficient (Wildman–Crippen LogP) is 3.33. The first-order valence-corrected chi connectivity index (χ1v) is 12.0. The van der Waals surface area contributed by atoms with E-state index in [1.165, 1.54) is 0 Å². The Hall–Kier alpha value is -2.42. The minimum absolute atomic E-state index is 0.0977. The first-order valence-electron chi connectivity index (χ1n) is 10.6. The van der Waals surface area contributed by atoms with Crippen LogP contribution in [0.15, 0.2) is 47.4 Å². The lowest BCUT2D eigenvalue weighted by atomic mass is 9.95. The average molecular weight is 445 g/mol. The zero-order chi connectivity index (χ0) is 22.0. The van der Waals surface area contributed by atoms with Crippen LogP contribution >= 0.6 is 0 Å². The second-order valence-electron chi connectivity index (χ2n) is 8.19. The number of anilines is 1. The number of sulfonamides is 1. The smallest absolute Gasteiger partial charge is 0.262 e. The minimum atomic E-state index is -3.75. The molecule has 2 fully saturated rings. The third-order valence-corrected chi connectivity index (χ3v) is 7.38. The van der Waals surface area contributed by atoms with Crippen molar-refractivity contribution in [3.8, 4) is 0 Å². The van der Waals surface area contributed by atoms with Crippen molar-refractivity contribution in [2.45, 2.75) is 37.9 Å². The van der Waals surface area contributed by atoms with Crippen LogP contribution in [0.4, 0.5) is 5.69 Å². The summed E-state index contributed by atoms with van der Waals surface area (Å²) in [6.45, 7) is 6.14. The van der Waals surface area contributed by atoms with Gasteiger partial charge in [-0.15, -0.1) is 0 Å². The van der Waals surface area contributed by atoms with Crippen molar-refractivity contribution in [3.63, 3.8) is 0 Å². The normalized spacial score (nSPS) is 18.3. The van der Waals surface area contributed by atoms with Gasteiger partial charge in [0.05, 0.1) is 18.1 Å². The highest BCUT2D eigenvalue weighted by Gasteiger charge is 2.32. The zero-order valence-corrected chi connectivity index (χ0v) is 18.7. The largest absolute Gasteiger partial charge is 0.350 e. The molecule has 0 aliphatic carbocycles. The second-order valence-corrected chi connectivity index (χ2v) is 9.85. The highest BCUT2D eigenvalue weighted by molar-refractivity contribution is 7.92. The Morgan fingerprint density at radius 1 is 1.03 bits per heavy atom. The first kappa shape index (κ1) is 21.8. The third kappa shape index (κ3) is 4.92. The van der Waals surface area contributed by atoms with Gasteiger partial charge in [0, 0.05) is 30.3 Å². The van der Waals surface area contributed by atoms with Gasteiger partial charge in [0.1, 0.15) is 0 Å². The van der Waals surface area contributed by atoms with E-state index in [4.69, 9.17) is 9.47 Å². The molecule has 0 aromatic heterocycles. The van der Waals surface area contributed by atoms with Gasteiger partial charge in [-0.25, -0.2) is 8.42 Å². The maximum atomic E-state index is 13.0. The Morgan fingerprint density at radius 3 is 2.45 bits per heavy atom. The molecule has 0 spiro atoms. The van der Waals surface area contributed by atoms with Crippen LogP contribution < -0.4 is 4.72 Å². The van der Waals surface area contributed by atoms with E-state index in [0.717, 1.165) is 18.4 Å². The van der Waals surface area contributed by atoms with Gasteiger partial charge in [0.15, 0.2) is 6.29 Å². The number of benzene rings is 2. The molecule has 2 saturated heterocycles. The monoisotopic (exact) mass is 444 g/mol. The Kier molecular flexibility index (Phi) is 6.31. The van der Waals surface area contributed by atoms with E-state index in [1.54, 1.807) is 43.3 Å².